The highest BCUT2D eigenvalue weighted by molar-refractivity contribution is 5.22. The second kappa shape index (κ2) is 5.15. The lowest BCUT2D eigenvalue weighted by Crippen LogP contribution is -2.29. The van der Waals surface area contributed by atoms with E-state index in [0.29, 0.717) is 18.4 Å². The van der Waals surface area contributed by atoms with E-state index in [1.54, 1.807) is 26.2 Å². The highest BCUT2D eigenvalue weighted by Gasteiger charge is 2.27. The standard InChI is InChI=1S/C14H21FO2/c1-13(2,17-4)8-9-14(3,16)11-6-5-7-12(15)10-11/h5-7,10,16H,8-9H2,1-4H3. The molecule has 0 saturated carbocycles. The highest BCUT2D eigenvalue weighted by Crippen LogP contribution is 2.30. The molecule has 1 atom stereocenters. The lowest BCUT2D eigenvalue weighted by molar-refractivity contribution is -0.0212. The predicted octanol–water partition coefficient (Wildman–Crippen LogP) is 3.24. The molecule has 0 bridgehead atoms. The van der Waals surface area contributed by atoms with Crippen LogP contribution in [0.3, 0.4) is 0 Å². The molecule has 0 aliphatic heterocycles. The fourth-order valence-electron chi connectivity index (χ4n) is 1.61. The summed E-state index contributed by atoms with van der Waals surface area (Å²) >= 11 is 0. The van der Waals surface area contributed by atoms with Crippen molar-refractivity contribution < 1.29 is 14.2 Å². The summed E-state index contributed by atoms with van der Waals surface area (Å²) < 4.78 is 18.4. The molecule has 0 aliphatic carbocycles. The van der Waals surface area contributed by atoms with E-state index in [2.05, 4.69) is 0 Å². The van der Waals surface area contributed by atoms with Crippen LogP contribution in [-0.4, -0.2) is 17.8 Å². The first-order valence-corrected chi connectivity index (χ1v) is 5.80. The summed E-state index contributed by atoms with van der Waals surface area (Å²) in [6.07, 6.45) is 1.23. The first kappa shape index (κ1) is 14.1. The zero-order valence-electron chi connectivity index (χ0n) is 11.0. The predicted molar refractivity (Wildman–Crippen MR) is 66.3 cm³/mol. The van der Waals surface area contributed by atoms with Gasteiger partial charge in [-0.1, -0.05) is 12.1 Å². The van der Waals surface area contributed by atoms with Crippen LogP contribution in [0, 0.1) is 5.82 Å². The van der Waals surface area contributed by atoms with Crippen molar-refractivity contribution in [1.29, 1.82) is 0 Å². The minimum atomic E-state index is -1.03. The molecule has 0 aromatic heterocycles. The summed E-state index contributed by atoms with van der Waals surface area (Å²) in [4.78, 5) is 0. The molecule has 0 radical (unpaired) electrons. The molecule has 3 heteroatoms. The van der Waals surface area contributed by atoms with Crippen molar-refractivity contribution in [2.45, 2.75) is 44.8 Å². The molecule has 0 saturated heterocycles. The summed E-state index contributed by atoms with van der Waals surface area (Å²) in [5.74, 6) is -0.325. The normalized spacial score (nSPS) is 15.6. The third-order valence-electron chi connectivity index (χ3n) is 3.21. The minimum absolute atomic E-state index is 0.280. The Labute approximate surface area is 102 Å². The molecule has 1 N–H and O–H groups in total. The number of ether oxygens (including phenoxy) is 1. The first-order valence-electron chi connectivity index (χ1n) is 5.80. The molecule has 0 aliphatic rings. The van der Waals surface area contributed by atoms with E-state index in [4.69, 9.17) is 4.74 Å². The van der Waals surface area contributed by atoms with Gasteiger partial charge in [-0.05, 0) is 51.3 Å². The summed E-state index contributed by atoms with van der Waals surface area (Å²) in [5, 5.41) is 10.3. The molecule has 0 amide bonds. The maximum atomic E-state index is 13.1. The molecular weight excluding hydrogens is 219 g/mol. The van der Waals surface area contributed by atoms with Crippen LogP contribution in [0.15, 0.2) is 24.3 Å². The van der Waals surface area contributed by atoms with Gasteiger partial charge in [-0.2, -0.15) is 0 Å². The van der Waals surface area contributed by atoms with Crippen LogP contribution in [0.25, 0.3) is 0 Å². The SMILES string of the molecule is COC(C)(C)CCC(C)(O)c1cccc(F)c1. The quantitative estimate of drug-likeness (QED) is 0.856. The van der Waals surface area contributed by atoms with Gasteiger partial charge in [0, 0.05) is 7.11 Å². The van der Waals surface area contributed by atoms with Crippen molar-refractivity contribution in [3.63, 3.8) is 0 Å². The third kappa shape index (κ3) is 4.10. The van der Waals surface area contributed by atoms with Gasteiger partial charge in [0.25, 0.3) is 0 Å². The molecule has 2 nitrogen and oxygen atoms in total. The van der Waals surface area contributed by atoms with E-state index < -0.39 is 5.60 Å². The topological polar surface area (TPSA) is 29.5 Å². The molecule has 0 spiro atoms. The van der Waals surface area contributed by atoms with Gasteiger partial charge in [-0.25, -0.2) is 4.39 Å². The molecule has 0 fully saturated rings. The van der Waals surface area contributed by atoms with Gasteiger partial charge in [-0.15, -0.1) is 0 Å². The van der Waals surface area contributed by atoms with Crippen molar-refractivity contribution in [1.82, 2.24) is 0 Å². The van der Waals surface area contributed by atoms with Crippen LogP contribution in [0.5, 0.6) is 0 Å². The number of hydrogen-bond acceptors (Lipinski definition) is 2. The van der Waals surface area contributed by atoms with Crippen molar-refractivity contribution in [2.75, 3.05) is 7.11 Å². The Morgan fingerprint density at radius 1 is 1.24 bits per heavy atom. The van der Waals surface area contributed by atoms with Crippen LogP contribution in [0.1, 0.15) is 39.2 Å². The van der Waals surface area contributed by atoms with Crippen molar-refractivity contribution in [3.05, 3.63) is 35.6 Å². The van der Waals surface area contributed by atoms with E-state index >= 15 is 0 Å². The molecule has 0 heterocycles. The molecule has 96 valence electrons. The minimum Gasteiger partial charge on any atom is -0.385 e. The number of methoxy groups -OCH3 is 1. The third-order valence-corrected chi connectivity index (χ3v) is 3.21. The molecule has 1 rings (SSSR count). The first-order chi connectivity index (χ1) is 7.77. The van der Waals surface area contributed by atoms with Crippen LogP contribution < -0.4 is 0 Å². The summed E-state index contributed by atoms with van der Waals surface area (Å²) in [5.41, 5.74) is -0.709. The smallest absolute Gasteiger partial charge is 0.123 e. The maximum Gasteiger partial charge on any atom is 0.123 e. The highest BCUT2D eigenvalue weighted by atomic mass is 19.1. The summed E-state index contributed by atoms with van der Waals surface area (Å²) in [6, 6.07) is 6.10. The molecular formula is C14H21FO2. The van der Waals surface area contributed by atoms with Gasteiger partial charge < -0.3 is 9.84 Å². The molecule has 17 heavy (non-hydrogen) atoms. The van der Waals surface area contributed by atoms with E-state index in [-0.39, 0.29) is 11.4 Å². The van der Waals surface area contributed by atoms with Gasteiger partial charge in [0.2, 0.25) is 0 Å². The Kier molecular flexibility index (Phi) is 4.28. The Bertz CT molecular complexity index is 372. The van der Waals surface area contributed by atoms with Gasteiger partial charge in [0.1, 0.15) is 5.82 Å². The average Bonchev–Trinajstić information content (AvgIpc) is 2.27. The zero-order chi connectivity index (χ0) is 13.1. The van der Waals surface area contributed by atoms with Crippen molar-refractivity contribution in [3.8, 4) is 0 Å². The monoisotopic (exact) mass is 240 g/mol. The van der Waals surface area contributed by atoms with Gasteiger partial charge >= 0.3 is 0 Å². The number of aliphatic hydroxyl groups is 1. The Hall–Kier alpha value is -0.930. The van der Waals surface area contributed by atoms with Gasteiger partial charge in [-0.3, -0.25) is 0 Å². The number of halogens is 1. The van der Waals surface area contributed by atoms with Gasteiger partial charge in [0.05, 0.1) is 11.2 Å². The Balaban J connectivity index is 2.75. The average molecular weight is 240 g/mol. The second-order valence-electron chi connectivity index (χ2n) is 5.25. The van der Waals surface area contributed by atoms with E-state index in [0.717, 1.165) is 0 Å². The van der Waals surface area contributed by atoms with Crippen LogP contribution in [0.2, 0.25) is 0 Å². The Morgan fingerprint density at radius 2 is 1.88 bits per heavy atom. The van der Waals surface area contributed by atoms with E-state index in [1.807, 2.05) is 13.8 Å². The van der Waals surface area contributed by atoms with E-state index in [9.17, 15) is 9.50 Å². The molecule has 1 aromatic rings. The van der Waals surface area contributed by atoms with Gasteiger partial charge in [0.15, 0.2) is 0 Å². The second-order valence-corrected chi connectivity index (χ2v) is 5.25. The number of benzene rings is 1. The molecule has 1 aromatic carbocycles. The Morgan fingerprint density at radius 3 is 2.41 bits per heavy atom. The lowest BCUT2D eigenvalue weighted by Gasteiger charge is -2.29. The fraction of sp³-hybridized carbons (Fsp3) is 0.571. The van der Waals surface area contributed by atoms with E-state index in [1.165, 1.54) is 12.1 Å². The summed E-state index contributed by atoms with van der Waals surface area (Å²) in [6.45, 7) is 5.64. The fourth-order valence-corrected chi connectivity index (χ4v) is 1.61. The maximum absolute atomic E-state index is 13.1. The zero-order valence-corrected chi connectivity index (χ0v) is 11.0. The van der Waals surface area contributed by atoms with Crippen LogP contribution in [0.4, 0.5) is 4.39 Å². The molecule has 1 unspecified atom stereocenters. The number of rotatable bonds is 5. The van der Waals surface area contributed by atoms with Crippen molar-refractivity contribution in [2.24, 2.45) is 0 Å². The lowest BCUT2D eigenvalue weighted by atomic mass is 9.87. The number of hydrogen-bond donors (Lipinski definition) is 1. The summed E-state index contributed by atoms with van der Waals surface area (Å²) in [7, 11) is 1.65. The largest absolute Gasteiger partial charge is 0.385 e. The van der Waals surface area contributed by atoms with Crippen LogP contribution >= 0.6 is 0 Å². The van der Waals surface area contributed by atoms with Crippen molar-refractivity contribution >= 4 is 0 Å². The van der Waals surface area contributed by atoms with Crippen LogP contribution in [-0.2, 0) is 10.3 Å².